The zero-order chi connectivity index (χ0) is 25.8. The van der Waals surface area contributed by atoms with Crippen LogP contribution in [0.25, 0.3) is 17.2 Å². The van der Waals surface area contributed by atoms with E-state index in [1.807, 2.05) is 6.07 Å². The minimum Gasteiger partial charge on any atom is -0.251 e. The maximum absolute atomic E-state index is 14.5. The number of rotatable bonds is 4. The highest BCUT2D eigenvalue weighted by molar-refractivity contribution is 7.84. The first-order chi connectivity index (χ1) is 17.0. The summed E-state index contributed by atoms with van der Waals surface area (Å²) in [4.78, 5) is 13.2. The van der Waals surface area contributed by atoms with E-state index in [-0.39, 0.29) is 33.7 Å². The summed E-state index contributed by atoms with van der Waals surface area (Å²) in [5, 5.41) is 13.2. The van der Waals surface area contributed by atoms with Gasteiger partial charge in [0.05, 0.1) is 38.9 Å². The Morgan fingerprint density at radius 2 is 1.81 bits per heavy atom. The summed E-state index contributed by atoms with van der Waals surface area (Å²) in [7, 11) is -1.34. The minimum atomic E-state index is -1.34. The molecular weight excluding hydrogens is 484 g/mol. The predicted molar refractivity (Wildman–Crippen MR) is 130 cm³/mol. The van der Waals surface area contributed by atoms with Crippen molar-refractivity contribution < 1.29 is 13.0 Å². The molecule has 36 heavy (non-hydrogen) atoms. The fourth-order valence-electron chi connectivity index (χ4n) is 5.12. The van der Waals surface area contributed by atoms with Crippen molar-refractivity contribution in [2.75, 3.05) is 6.26 Å². The van der Waals surface area contributed by atoms with E-state index in [1.54, 1.807) is 12.3 Å². The number of hydrogen-bond acceptors (Lipinski definition) is 7. The molecule has 0 saturated carbocycles. The van der Waals surface area contributed by atoms with Crippen LogP contribution in [-0.4, -0.2) is 45.4 Å². The average molecular weight is 510 g/mol. The Kier molecular flexibility index (Phi) is 5.77. The Labute approximate surface area is 209 Å². The standard InChI is InChI=1S/C25H25F2N7OS/c1-14-12-24(2,3)25(4,19-9-10-28-22(30-19)34-13-29-23(33-34)36(5)35)21-15(14)11-18(31-32-21)20-16(26)7-6-8-17(20)27/h6-11,13-14H,12H2,1-5H3/t14-,25+,36?/m1/s1. The van der Waals surface area contributed by atoms with Crippen molar-refractivity contribution in [3.05, 3.63) is 71.4 Å². The van der Waals surface area contributed by atoms with E-state index in [0.29, 0.717) is 11.4 Å². The van der Waals surface area contributed by atoms with E-state index >= 15 is 0 Å². The van der Waals surface area contributed by atoms with Gasteiger partial charge in [-0.05, 0) is 54.5 Å². The second kappa shape index (κ2) is 8.58. The largest absolute Gasteiger partial charge is 0.252 e. The summed E-state index contributed by atoms with van der Waals surface area (Å²) in [6, 6.07) is 7.31. The average Bonchev–Trinajstić information content (AvgIpc) is 3.33. The van der Waals surface area contributed by atoms with Gasteiger partial charge in [-0.3, -0.25) is 4.21 Å². The van der Waals surface area contributed by atoms with Crippen LogP contribution in [0.5, 0.6) is 0 Å². The molecule has 0 aliphatic heterocycles. The zero-order valence-corrected chi connectivity index (χ0v) is 21.3. The quantitative estimate of drug-likeness (QED) is 0.403. The molecule has 0 saturated heterocycles. The number of halogens is 2. The molecule has 1 aromatic carbocycles. The number of benzene rings is 1. The first-order valence-electron chi connectivity index (χ1n) is 11.4. The molecule has 3 atom stereocenters. The number of fused-ring (bicyclic) bond motifs is 1. The van der Waals surface area contributed by atoms with Gasteiger partial charge in [-0.15, -0.1) is 10.2 Å². The van der Waals surface area contributed by atoms with Gasteiger partial charge in [-0.1, -0.05) is 26.8 Å². The normalized spacial score (nSPS) is 21.7. The topological polar surface area (TPSA) is 99.3 Å². The first kappa shape index (κ1) is 24.2. The highest BCUT2D eigenvalue weighted by atomic mass is 32.2. The fraction of sp³-hybridized carbons (Fsp3) is 0.360. The van der Waals surface area contributed by atoms with Crippen molar-refractivity contribution in [1.82, 2.24) is 34.9 Å². The van der Waals surface area contributed by atoms with Crippen molar-refractivity contribution in [3.63, 3.8) is 0 Å². The molecule has 8 nitrogen and oxygen atoms in total. The monoisotopic (exact) mass is 509 g/mol. The smallest absolute Gasteiger partial charge is 0.251 e. The molecule has 0 amide bonds. The van der Waals surface area contributed by atoms with Crippen LogP contribution >= 0.6 is 0 Å². The molecule has 0 N–H and O–H groups in total. The van der Waals surface area contributed by atoms with Crippen molar-refractivity contribution in [1.29, 1.82) is 0 Å². The highest BCUT2D eigenvalue weighted by Gasteiger charge is 2.52. The Hall–Kier alpha value is -3.47. The molecule has 1 aliphatic carbocycles. The lowest BCUT2D eigenvalue weighted by molar-refractivity contribution is 0.158. The van der Waals surface area contributed by atoms with Crippen LogP contribution in [0.1, 0.15) is 57.0 Å². The number of nitrogens with zero attached hydrogens (tertiary/aromatic N) is 7. The van der Waals surface area contributed by atoms with Crippen LogP contribution < -0.4 is 0 Å². The van der Waals surface area contributed by atoms with Crippen LogP contribution in [0.4, 0.5) is 8.78 Å². The van der Waals surface area contributed by atoms with Crippen LogP contribution in [-0.2, 0) is 16.2 Å². The van der Waals surface area contributed by atoms with Gasteiger partial charge in [-0.25, -0.2) is 23.7 Å². The Balaban J connectivity index is 1.67. The lowest BCUT2D eigenvalue weighted by atomic mass is 9.54. The van der Waals surface area contributed by atoms with Gasteiger partial charge >= 0.3 is 0 Å². The molecule has 0 spiro atoms. The summed E-state index contributed by atoms with van der Waals surface area (Å²) in [6.45, 7) is 8.43. The minimum absolute atomic E-state index is 0.0749. The zero-order valence-electron chi connectivity index (χ0n) is 20.5. The number of aromatic nitrogens is 7. The summed E-state index contributed by atoms with van der Waals surface area (Å²) < 4.78 is 42.1. The third-order valence-corrected chi connectivity index (χ3v) is 8.01. The van der Waals surface area contributed by atoms with Gasteiger partial charge in [0.1, 0.15) is 18.0 Å². The van der Waals surface area contributed by atoms with E-state index in [0.717, 1.165) is 12.0 Å². The summed E-state index contributed by atoms with van der Waals surface area (Å²) in [5.41, 5.74) is 1.22. The molecule has 0 radical (unpaired) electrons. The third kappa shape index (κ3) is 3.73. The third-order valence-electron chi connectivity index (χ3n) is 7.30. The van der Waals surface area contributed by atoms with Gasteiger partial charge in [-0.2, -0.15) is 9.78 Å². The van der Waals surface area contributed by atoms with Crippen LogP contribution in [0.15, 0.2) is 48.0 Å². The predicted octanol–water partition coefficient (Wildman–Crippen LogP) is 4.37. The van der Waals surface area contributed by atoms with Gasteiger partial charge < -0.3 is 0 Å². The van der Waals surface area contributed by atoms with Gasteiger partial charge in [0, 0.05) is 12.5 Å². The molecule has 5 rings (SSSR count). The molecule has 11 heteroatoms. The second-order valence-electron chi connectivity index (χ2n) is 9.91. The Bertz CT molecular complexity index is 1490. The summed E-state index contributed by atoms with van der Waals surface area (Å²) in [6.07, 6.45) is 5.34. The number of hydrogen-bond donors (Lipinski definition) is 0. The van der Waals surface area contributed by atoms with Crippen molar-refractivity contribution >= 4 is 10.8 Å². The molecule has 3 aromatic heterocycles. The molecule has 1 aliphatic rings. The van der Waals surface area contributed by atoms with Crippen LogP contribution in [0, 0.1) is 17.0 Å². The van der Waals surface area contributed by atoms with E-state index < -0.39 is 27.8 Å². The lowest BCUT2D eigenvalue weighted by Gasteiger charge is -2.49. The Morgan fingerprint density at radius 1 is 1.08 bits per heavy atom. The van der Waals surface area contributed by atoms with E-state index in [9.17, 15) is 13.0 Å². The summed E-state index contributed by atoms with van der Waals surface area (Å²) in [5.74, 6) is -1.01. The maximum atomic E-state index is 14.5. The molecule has 4 aromatic rings. The van der Waals surface area contributed by atoms with Crippen molar-refractivity contribution in [3.8, 4) is 17.2 Å². The first-order valence-corrected chi connectivity index (χ1v) is 13.0. The highest BCUT2D eigenvalue weighted by Crippen LogP contribution is 2.56. The molecule has 3 heterocycles. The summed E-state index contributed by atoms with van der Waals surface area (Å²) >= 11 is 0. The lowest BCUT2D eigenvalue weighted by Crippen LogP contribution is -2.47. The maximum Gasteiger partial charge on any atom is 0.252 e. The van der Waals surface area contributed by atoms with E-state index in [4.69, 9.17) is 4.98 Å². The van der Waals surface area contributed by atoms with E-state index in [2.05, 4.69) is 53.0 Å². The van der Waals surface area contributed by atoms with Crippen molar-refractivity contribution in [2.45, 2.75) is 50.6 Å². The fourth-order valence-corrected chi connectivity index (χ4v) is 5.51. The van der Waals surface area contributed by atoms with Gasteiger partial charge in [0.25, 0.3) is 5.95 Å². The molecule has 1 unspecified atom stereocenters. The van der Waals surface area contributed by atoms with E-state index in [1.165, 1.54) is 35.5 Å². The molecule has 0 fully saturated rings. The van der Waals surface area contributed by atoms with Crippen molar-refractivity contribution in [2.24, 2.45) is 5.41 Å². The molecule has 0 bridgehead atoms. The van der Waals surface area contributed by atoms with Crippen LogP contribution in [0.2, 0.25) is 0 Å². The van der Waals surface area contributed by atoms with Crippen LogP contribution in [0.3, 0.4) is 0 Å². The van der Waals surface area contributed by atoms with Gasteiger partial charge in [0.2, 0.25) is 5.16 Å². The molecular formula is C25H25F2N7OS. The molecule has 186 valence electrons. The van der Waals surface area contributed by atoms with Gasteiger partial charge in [0.15, 0.2) is 0 Å². The second-order valence-corrected chi connectivity index (χ2v) is 11.2. The SMILES string of the molecule is C[C@@H]1CC(C)(C)[C@@](C)(c2ccnc(-n3cnc(S(C)=O)n3)n2)c2nnc(-c3c(F)cccc3F)cc21. The Morgan fingerprint density at radius 3 is 2.47 bits per heavy atom.